The number of rotatable bonds is 0. The molecule has 2 atom stereocenters. The summed E-state index contributed by atoms with van der Waals surface area (Å²) in [6, 6.07) is 0. The van der Waals surface area contributed by atoms with E-state index in [9.17, 15) is 5.11 Å². The zero-order valence-corrected chi connectivity index (χ0v) is 7.81. The minimum Gasteiger partial charge on any atom is -0.384 e. The van der Waals surface area contributed by atoms with Gasteiger partial charge in [0.25, 0.3) is 0 Å². The van der Waals surface area contributed by atoms with E-state index in [1.807, 2.05) is 19.9 Å². The Morgan fingerprint density at radius 2 is 2.09 bits per heavy atom. The van der Waals surface area contributed by atoms with Gasteiger partial charge in [-0.05, 0) is 26.8 Å². The van der Waals surface area contributed by atoms with Gasteiger partial charge >= 0.3 is 0 Å². The van der Waals surface area contributed by atoms with Crippen LogP contribution in [0, 0.1) is 0 Å². The molecule has 0 aromatic rings. The molecule has 62 valence electrons. The summed E-state index contributed by atoms with van der Waals surface area (Å²) in [7, 11) is 0. The van der Waals surface area contributed by atoms with Gasteiger partial charge in [0.15, 0.2) is 0 Å². The van der Waals surface area contributed by atoms with E-state index in [0.29, 0.717) is 0 Å². The Hall–Kier alpha value is -0.270. The minimum absolute atomic E-state index is 0.286. The first kappa shape index (κ1) is 8.82. The molecule has 11 heavy (non-hydrogen) atoms. The molecule has 0 aromatic carbocycles. The standard InChI is InChI=1S/C9H13ClO/c1-6-4-7(2)8(10)9(3,11)5-6/h4-5,8,11H,1-3H3. The fraction of sp³-hybridized carbons (Fsp3) is 0.556. The maximum atomic E-state index is 9.73. The van der Waals surface area contributed by atoms with Gasteiger partial charge in [0, 0.05) is 0 Å². The Bertz CT molecular complexity index is 226. The number of alkyl halides is 1. The van der Waals surface area contributed by atoms with E-state index in [4.69, 9.17) is 11.6 Å². The fourth-order valence-corrected chi connectivity index (χ4v) is 1.59. The summed E-state index contributed by atoms with van der Waals surface area (Å²) in [6.07, 6.45) is 3.79. The molecule has 0 radical (unpaired) electrons. The highest BCUT2D eigenvalue weighted by atomic mass is 35.5. The number of hydrogen-bond acceptors (Lipinski definition) is 1. The summed E-state index contributed by atoms with van der Waals surface area (Å²) in [4.78, 5) is 0. The van der Waals surface area contributed by atoms with E-state index in [0.717, 1.165) is 11.1 Å². The summed E-state index contributed by atoms with van der Waals surface area (Å²) in [5.74, 6) is 0. The van der Waals surface area contributed by atoms with Crippen LogP contribution in [0.25, 0.3) is 0 Å². The van der Waals surface area contributed by atoms with Crippen molar-refractivity contribution in [3.8, 4) is 0 Å². The lowest BCUT2D eigenvalue weighted by atomic mass is 9.89. The molecule has 0 fully saturated rings. The van der Waals surface area contributed by atoms with Crippen LogP contribution in [0.4, 0.5) is 0 Å². The Labute approximate surface area is 72.4 Å². The van der Waals surface area contributed by atoms with Crippen molar-refractivity contribution in [3.05, 3.63) is 23.3 Å². The van der Waals surface area contributed by atoms with Gasteiger partial charge in [-0.1, -0.05) is 17.2 Å². The van der Waals surface area contributed by atoms with Crippen LogP contribution in [0.3, 0.4) is 0 Å². The van der Waals surface area contributed by atoms with Gasteiger partial charge in [0.05, 0.1) is 5.38 Å². The quantitative estimate of drug-likeness (QED) is 0.556. The summed E-state index contributed by atoms with van der Waals surface area (Å²) in [5, 5.41) is 9.45. The molecule has 1 aliphatic rings. The molecule has 0 aromatic heterocycles. The Kier molecular flexibility index (Phi) is 2.13. The fourth-order valence-electron chi connectivity index (χ4n) is 1.47. The molecular weight excluding hydrogens is 160 g/mol. The highest BCUT2D eigenvalue weighted by molar-refractivity contribution is 6.23. The molecule has 1 nitrogen and oxygen atoms in total. The zero-order valence-electron chi connectivity index (χ0n) is 7.06. The predicted octanol–water partition coefficient (Wildman–Crippen LogP) is 2.25. The second-order valence-corrected chi connectivity index (χ2v) is 3.80. The van der Waals surface area contributed by atoms with Gasteiger partial charge in [-0.25, -0.2) is 0 Å². The van der Waals surface area contributed by atoms with Crippen molar-refractivity contribution in [2.24, 2.45) is 0 Å². The van der Waals surface area contributed by atoms with Crippen molar-refractivity contribution >= 4 is 11.6 Å². The summed E-state index contributed by atoms with van der Waals surface area (Å²) in [5.41, 5.74) is 1.21. The van der Waals surface area contributed by atoms with E-state index in [1.54, 1.807) is 13.0 Å². The van der Waals surface area contributed by atoms with Crippen LogP contribution in [-0.4, -0.2) is 16.1 Å². The number of aliphatic hydroxyl groups is 1. The molecule has 1 N–H and O–H groups in total. The normalized spacial score (nSPS) is 38.1. The van der Waals surface area contributed by atoms with E-state index in [-0.39, 0.29) is 5.38 Å². The first-order valence-electron chi connectivity index (χ1n) is 3.67. The summed E-state index contributed by atoms with van der Waals surface area (Å²) >= 11 is 5.96. The molecule has 2 unspecified atom stereocenters. The van der Waals surface area contributed by atoms with Crippen molar-refractivity contribution in [2.75, 3.05) is 0 Å². The number of allylic oxidation sites excluding steroid dienone is 2. The van der Waals surface area contributed by atoms with Crippen molar-refractivity contribution in [1.29, 1.82) is 0 Å². The molecular formula is C9H13ClO. The van der Waals surface area contributed by atoms with Crippen molar-refractivity contribution in [3.63, 3.8) is 0 Å². The van der Waals surface area contributed by atoms with Gasteiger partial charge in [0.1, 0.15) is 5.60 Å². The SMILES string of the molecule is CC1=CC(C)(O)C(Cl)C(C)=C1. The van der Waals surface area contributed by atoms with Crippen LogP contribution < -0.4 is 0 Å². The van der Waals surface area contributed by atoms with E-state index in [1.165, 1.54) is 0 Å². The summed E-state index contributed by atoms with van der Waals surface area (Å²) < 4.78 is 0. The molecule has 0 aliphatic heterocycles. The van der Waals surface area contributed by atoms with Gasteiger partial charge in [-0.15, -0.1) is 11.6 Å². The molecule has 0 saturated carbocycles. The molecule has 1 rings (SSSR count). The largest absolute Gasteiger partial charge is 0.384 e. The van der Waals surface area contributed by atoms with Crippen LogP contribution in [0.15, 0.2) is 23.3 Å². The van der Waals surface area contributed by atoms with E-state index >= 15 is 0 Å². The second-order valence-electron chi connectivity index (χ2n) is 3.37. The maximum Gasteiger partial charge on any atom is 0.101 e. The molecule has 2 heteroatoms. The van der Waals surface area contributed by atoms with Crippen molar-refractivity contribution in [1.82, 2.24) is 0 Å². The smallest absolute Gasteiger partial charge is 0.101 e. The van der Waals surface area contributed by atoms with Crippen LogP contribution >= 0.6 is 11.6 Å². The average molecular weight is 173 g/mol. The number of halogens is 1. The van der Waals surface area contributed by atoms with Crippen molar-refractivity contribution < 1.29 is 5.11 Å². The van der Waals surface area contributed by atoms with Gasteiger partial charge in [0.2, 0.25) is 0 Å². The Morgan fingerprint density at radius 3 is 2.55 bits per heavy atom. The molecule has 0 heterocycles. The zero-order chi connectivity index (χ0) is 8.65. The van der Waals surface area contributed by atoms with Crippen LogP contribution in [0.5, 0.6) is 0 Å². The third-order valence-electron chi connectivity index (χ3n) is 1.89. The van der Waals surface area contributed by atoms with Crippen LogP contribution in [0.1, 0.15) is 20.8 Å². The first-order valence-corrected chi connectivity index (χ1v) is 4.11. The monoisotopic (exact) mass is 172 g/mol. The highest BCUT2D eigenvalue weighted by Crippen LogP contribution is 2.30. The van der Waals surface area contributed by atoms with E-state index < -0.39 is 5.60 Å². The van der Waals surface area contributed by atoms with Gasteiger partial charge in [-0.3, -0.25) is 0 Å². The highest BCUT2D eigenvalue weighted by Gasteiger charge is 2.31. The molecule has 0 amide bonds. The Morgan fingerprint density at radius 1 is 1.55 bits per heavy atom. The maximum absolute atomic E-state index is 9.73. The molecule has 0 bridgehead atoms. The van der Waals surface area contributed by atoms with Crippen LogP contribution in [0.2, 0.25) is 0 Å². The summed E-state index contributed by atoms with van der Waals surface area (Å²) in [6.45, 7) is 5.62. The third kappa shape index (κ3) is 1.66. The third-order valence-corrected chi connectivity index (χ3v) is 2.67. The lowest BCUT2D eigenvalue weighted by molar-refractivity contribution is 0.113. The Balaban J connectivity index is 3.01. The second kappa shape index (κ2) is 2.65. The molecule has 0 spiro atoms. The lowest BCUT2D eigenvalue weighted by Gasteiger charge is -2.29. The average Bonchev–Trinajstić information content (AvgIpc) is 1.81. The van der Waals surface area contributed by atoms with Crippen LogP contribution in [-0.2, 0) is 0 Å². The predicted molar refractivity (Wildman–Crippen MR) is 47.8 cm³/mol. The van der Waals surface area contributed by atoms with Gasteiger partial charge < -0.3 is 5.11 Å². The van der Waals surface area contributed by atoms with E-state index in [2.05, 4.69) is 0 Å². The lowest BCUT2D eigenvalue weighted by Crippen LogP contribution is -2.36. The van der Waals surface area contributed by atoms with Gasteiger partial charge in [-0.2, -0.15) is 0 Å². The minimum atomic E-state index is -0.884. The molecule has 1 aliphatic carbocycles. The molecule has 0 saturated heterocycles. The first-order chi connectivity index (χ1) is 4.93. The topological polar surface area (TPSA) is 20.2 Å². The van der Waals surface area contributed by atoms with Crippen molar-refractivity contribution in [2.45, 2.75) is 31.7 Å². The number of hydrogen-bond donors (Lipinski definition) is 1.